The number of carbonyl (C=O) groups is 1. The van der Waals surface area contributed by atoms with E-state index in [9.17, 15) is 4.79 Å². The molecule has 0 heterocycles. The molecule has 0 aliphatic heterocycles. The highest BCUT2D eigenvalue weighted by Crippen LogP contribution is 2.18. The monoisotopic (exact) mass is 333 g/mol. The number of benzene rings is 2. The lowest BCUT2D eigenvalue weighted by molar-refractivity contribution is -0.131. The number of carbonyl (C=O) groups excluding carboxylic acids is 1. The van der Waals surface area contributed by atoms with Gasteiger partial charge in [0.2, 0.25) is 0 Å². The van der Waals surface area contributed by atoms with Gasteiger partial charge in [-0.3, -0.25) is 4.79 Å². The number of hydrogen-bond acceptors (Lipinski definition) is 2. The fourth-order valence-electron chi connectivity index (χ4n) is 1.94. The summed E-state index contributed by atoms with van der Waals surface area (Å²) in [4.78, 5) is 12.2. The van der Waals surface area contributed by atoms with Gasteiger partial charge in [0.25, 0.3) is 5.91 Å². The van der Waals surface area contributed by atoms with E-state index >= 15 is 0 Å². The lowest BCUT2D eigenvalue weighted by atomic mass is 10.1. The van der Waals surface area contributed by atoms with Gasteiger partial charge in [0, 0.05) is 18.1 Å². The molecule has 0 aromatic heterocycles. The van der Waals surface area contributed by atoms with E-state index in [2.05, 4.69) is 21.2 Å². The van der Waals surface area contributed by atoms with E-state index < -0.39 is 6.10 Å². The second kappa shape index (κ2) is 7.22. The third-order valence-electron chi connectivity index (χ3n) is 2.99. The Morgan fingerprint density at radius 3 is 2.45 bits per heavy atom. The smallest absolute Gasteiger partial charge is 0.254 e. The molecule has 0 aliphatic carbocycles. The van der Waals surface area contributed by atoms with Crippen molar-refractivity contribution in [3.8, 4) is 0 Å². The van der Waals surface area contributed by atoms with Crippen molar-refractivity contribution in [3.63, 3.8) is 0 Å². The van der Waals surface area contributed by atoms with Crippen molar-refractivity contribution >= 4 is 21.8 Å². The molecule has 20 heavy (non-hydrogen) atoms. The maximum Gasteiger partial charge on any atom is 0.254 e. The summed E-state index contributed by atoms with van der Waals surface area (Å²) >= 11 is 3.46. The van der Waals surface area contributed by atoms with Gasteiger partial charge >= 0.3 is 0 Å². The fraction of sp³-hybridized carbons (Fsp3) is 0.188. The number of rotatable bonds is 5. The number of nitrogens with one attached hydrogen (secondary N) is 1. The SMILES string of the molecule is COC(C(=O)NCc1ccccc1Br)c1ccccc1. The predicted molar refractivity (Wildman–Crippen MR) is 82.2 cm³/mol. The molecule has 1 unspecified atom stereocenters. The van der Waals surface area contributed by atoms with E-state index in [-0.39, 0.29) is 5.91 Å². The Labute approximate surface area is 127 Å². The van der Waals surface area contributed by atoms with Crippen LogP contribution < -0.4 is 5.32 Å². The Morgan fingerprint density at radius 2 is 1.80 bits per heavy atom. The van der Waals surface area contributed by atoms with Crippen LogP contribution in [0.1, 0.15) is 17.2 Å². The average Bonchev–Trinajstić information content (AvgIpc) is 2.48. The van der Waals surface area contributed by atoms with E-state index in [1.165, 1.54) is 7.11 Å². The Kier molecular flexibility index (Phi) is 5.32. The molecule has 0 aliphatic rings. The topological polar surface area (TPSA) is 38.3 Å². The first kappa shape index (κ1) is 14.8. The minimum atomic E-state index is -0.585. The number of amides is 1. The quantitative estimate of drug-likeness (QED) is 0.909. The molecular formula is C16H16BrNO2. The van der Waals surface area contributed by atoms with Crippen LogP contribution in [-0.4, -0.2) is 13.0 Å². The summed E-state index contributed by atoms with van der Waals surface area (Å²) in [5.74, 6) is -0.144. The van der Waals surface area contributed by atoms with Gasteiger partial charge in [-0.2, -0.15) is 0 Å². The zero-order valence-electron chi connectivity index (χ0n) is 11.2. The standard InChI is InChI=1S/C16H16BrNO2/c1-20-15(12-7-3-2-4-8-12)16(19)18-11-13-9-5-6-10-14(13)17/h2-10,15H,11H2,1H3,(H,18,19). The molecule has 0 fully saturated rings. The Hall–Kier alpha value is -1.65. The summed E-state index contributed by atoms with van der Waals surface area (Å²) in [7, 11) is 1.54. The first-order chi connectivity index (χ1) is 9.72. The van der Waals surface area contributed by atoms with Gasteiger partial charge in [0.1, 0.15) is 0 Å². The van der Waals surface area contributed by atoms with Crippen LogP contribution in [0.5, 0.6) is 0 Å². The second-order valence-corrected chi connectivity index (χ2v) is 5.19. The molecule has 2 aromatic carbocycles. The molecule has 0 bridgehead atoms. The Morgan fingerprint density at radius 1 is 1.15 bits per heavy atom. The average molecular weight is 334 g/mol. The molecule has 0 radical (unpaired) electrons. The first-order valence-electron chi connectivity index (χ1n) is 6.31. The van der Waals surface area contributed by atoms with E-state index in [1.807, 2.05) is 54.6 Å². The molecule has 1 amide bonds. The predicted octanol–water partition coefficient (Wildman–Crippen LogP) is 3.45. The van der Waals surface area contributed by atoms with Gasteiger partial charge in [-0.05, 0) is 17.2 Å². The van der Waals surface area contributed by atoms with Crippen molar-refractivity contribution in [2.45, 2.75) is 12.6 Å². The molecule has 2 rings (SSSR count). The molecule has 1 atom stereocenters. The summed E-state index contributed by atoms with van der Waals surface area (Å²) in [6, 6.07) is 17.3. The second-order valence-electron chi connectivity index (χ2n) is 4.34. The summed E-state index contributed by atoms with van der Waals surface area (Å²) in [6.07, 6.45) is -0.585. The summed E-state index contributed by atoms with van der Waals surface area (Å²) in [6.45, 7) is 0.465. The maximum atomic E-state index is 12.2. The van der Waals surface area contributed by atoms with Crippen molar-refractivity contribution in [2.75, 3.05) is 7.11 Å². The van der Waals surface area contributed by atoms with Crippen LogP contribution in [-0.2, 0) is 16.1 Å². The van der Waals surface area contributed by atoms with Crippen LogP contribution in [0, 0.1) is 0 Å². The van der Waals surface area contributed by atoms with Gasteiger partial charge in [-0.1, -0.05) is 64.5 Å². The summed E-state index contributed by atoms with van der Waals surface area (Å²) < 4.78 is 6.27. The minimum absolute atomic E-state index is 0.144. The Balaban J connectivity index is 2.02. The molecule has 1 N–H and O–H groups in total. The highest BCUT2D eigenvalue weighted by atomic mass is 79.9. The van der Waals surface area contributed by atoms with Crippen LogP contribution >= 0.6 is 15.9 Å². The van der Waals surface area contributed by atoms with E-state index in [4.69, 9.17) is 4.74 Å². The van der Waals surface area contributed by atoms with Gasteiger partial charge < -0.3 is 10.1 Å². The maximum absolute atomic E-state index is 12.2. The molecule has 3 nitrogen and oxygen atoms in total. The Bertz CT molecular complexity index is 572. The summed E-state index contributed by atoms with van der Waals surface area (Å²) in [5.41, 5.74) is 1.88. The number of methoxy groups -OCH3 is 1. The fourth-order valence-corrected chi connectivity index (χ4v) is 2.36. The van der Waals surface area contributed by atoms with Crippen LogP contribution in [0.15, 0.2) is 59.1 Å². The lowest BCUT2D eigenvalue weighted by Crippen LogP contribution is -2.30. The zero-order chi connectivity index (χ0) is 14.4. The van der Waals surface area contributed by atoms with Gasteiger partial charge in [-0.15, -0.1) is 0 Å². The third kappa shape index (κ3) is 3.68. The van der Waals surface area contributed by atoms with E-state index in [0.29, 0.717) is 6.54 Å². The third-order valence-corrected chi connectivity index (χ3v) is 3.76. The molecule has 0 spiro atoms. The van der Waals surface area contributed by atoms with Crippen molar-refractivity contribution in [2.24, 2.45) is 0 Å². The molecule has 104 valence electrons. The van der Waals surface area contributed by atoms with Crippen molar-refractivity contribution in [3.05, 3.63) is 70.2 Å². The molecular weight excluding hydrogens is 318 g/mol. The van der Waals surface area contributed by atoms with Crippen LogP contribution in [0.2, 0.25) is 0 Å². The number of halogens is 1. The van der Waals surface area contributed by atoms with Crippen LogP contribution in [0.4, 0.5) is 0 Å². The van der Waals surface area contributed by atoms with Crippen molar-refractivity contribution in [1.29, 1.82) is 0 Å². The lowest BCUT2D eigenvalue weighted by Gasteiger charge is -2.16. The first-order valence-corrected chi connectivity index (χ1v) is 7.10. The molecule has 2 aromatic rings. The van der Waals surface area contributed by atoms with Crippen LogP contribution in [0.3, 0.4) is 0 Å². The molecule has 4 heteroatoms. The van der Waals surface area contributed by atoms with Crippen molar-refractivity contribution < 1.29 is 9.53 Å². The van der Waals surface area contributed by atoms with E-state index in [0.717, 1.165) is 15.6 Å². The molecule has 0 saturated heterocycles. The highest BCUT2D eigenvalue weighted by Gasteiger charge is 2.19. The van der Waals surface area contributed by atoms with Gasteiger partial charge in [0.15, 0.2) is 6.10 Å². The van der Waals surface area contributed by atoms with Crippen LogP contribution in [0.25, 0.3) is 0 Å². The van der Waals surface area contributed by atoms with Crippen molar-refractivity contribution in [1.82, 2.24) is 5.32 Å². The zero-order valence-corrected chi connectivity index (χ0v) is 12.8. The van der Waals surface area contributed by atoms with Gasteiger partial charge in [0.05, 0.1) is 0 Å². The van der Waals surface area contributed by atoms with Gasteiger partial charge in [-0.25, -0.2) is 0 Å². The minimum Gasteiger partial charge on any atom is -0.367 e. The number of hydrogen-bond donors (Lipinski definition) is 1. The largest absolute Gasteiger partial charge is 0.367 e. The van der Waals surface area contributed by atoms with E-state index in [1.54, 1.807) is 0 Å². The highest BCUT2D eigenvalue weighted by molar-refractivity contribution is 9.10. The molecule has 0 saturated carbocycles. The number of ether oxygens (including phenoxy) is 1. The summed E-state index contributed by atoms with van der Waals surface area (Å²) in [5, 5.41) is 2.90. The normalized spacial score (nSPS) is 11.9.